The summed E-state index contributed by atoms with van der Waals surface area (Å²) < 4.78 is 25.0. The molecule has 1 aromatic heterocycles. The molecule has 0 N–H and O–H groups in total. The summed E-state index contributed by atoms with van der Waals surface area (Å²) >= 11 is 6.96. The molecule has 2 heterocycles. The molecule has 1 aromatic rings. The Morgan fingerprint density at radius 1 is 1.56 bits per heavy atom. The van der Waals surface area contributed by atoms with Crippen LogP contribution in [0.25, 0.3) is 0 Å². The van der Waals surface area contributed by atoms with Crippen LogP contribution in [0.15, 0.2) is 11.4 Å². The van der Waals surface area contributed by atoms with E-state index in [4.69, 9.17) is 11.6 Å². The second-order valence-corrected chi connectivity index (χ2v) is 5.15. The molecule has 0 saturated heterocycles. The number of fused-ring (bicyclic) bond motifs is 1. The Morgan fingerprint density at radius 2 is 2.28 bits per heavy atom. The first-order valence-electron chi connectivity index (χ1n) is 5.29. The summed E-state index contributed by atoms with van der Waals surface area (Å²) in [5.41, 5.74) is 0.630. The summed E-state index contributed by atoms with van der Waals surface area (Å²) in [5.74, 6) is -2.03. The van der Waals surface area contributed by atoms with Crippen molar-refractivity contribution >= 4 is 34.6 Å². The van der Waals surface area contributed by atoms with Crippen molar-refractivity contribution < 1.29 is 18.4 Å². The van der Waals surface area contributed by atoms with Gasteiger partial charge in [-0.15, -0.1) is 22.9 Å². The van der Waals surface area contributed by atoms with Gasteiger partial charge in [0, 0.05) is 11.4 Å². The van der Waals surface area contributed by atoms with Crippen molar-refractivity contribution in [1.29, 1.82) is 0 Å². The predicted octanol–water partition coefficient (Wildman–Crippen LogP) is 2.25. The number of alkyl halides is 3. The van der Waals surface area contributed by atoms with Crippen LogP contribution < -0.4 is 0 Å². The van der Waals surface area contributed by atoms with Gasteiger partial charge in [-0.3, -0.25) is 9.59 Å². The Labute approximate surface area is 111 Å². The molecule has 18 heavy (non-hydrogen) atoms. The van der Waals surface area contributed by atoms with Gasteiger partial charge in [0.05, 0.1) is 5.88 Å². The number of ketones is 1. The van der Waals surface area contributed by atoms with Crippen LogP contribution in [0.4, 0.5) is 8.78 Å². The molecule has 0 bridgehead atoms. The lowest BCUT2D eigenvalue weighted by molar-refractivity contribution is -0.149. The maximum atomic E-state index is 12.5. The lowest BCUT2D eigenvalue weighted by Gasteiger charge is -2.34. The second-order valence-electron chi connectivity index (χ2n) is 3.88. The molecule has 1 unspecified atom stereocenters. The van der Waals surface area contributed by atoms with E-state index in [2.05, 4.69) is 0 Å². The van der Waals surface area contributed by atoms with Crippen LogP contribution in [0, 0.1) is 0 Å². The summed E-state index contributed by atoms with van der Waals surface area (Å²) in [5, 5.41) is 1.79. The molecule has 7 heteroatoms. The highest BCUT2D eigenvalue weighted by molar-refractivity contribution is 7.10. The average Bonchev–Trinajstić information content (AvgIpc) is 2.83. The van der Waals surface area contributed by atoms with Crippen LogP contribution in [0.5, 0.6) is 0 Å². The zero-order chi connectivity index (χ0) is 13.3. The van der Waals surface area contributed by atoms with Crippen LogP contribution in [-0.2, 0) is 16.0 Å². The van der Waals surface area contributed by atoms with E-state index < -0.39 is 24.2 Å². The maximum absolute atomic E-state index is 12.5. The molecule has 0 aliphatic carbocycles. The number of amides is 1. The molecule has 1 amide bonds. The zero-order valence-corrected chi connectivity index (χ0v) is 10.8. The number of halogens is 3. The molecule has 0 saturated carbocycles. The van der Waals surface area contributed by atoms with Crippen molar-refractivity contribution in [3.63, 3.8) is 0 Å². The molecule has 1 aliphatic heterocycles. The van der Waals surface area contributed by atoms with Gasteiger partial charge in [-0.05, 0) is 23.4 Å². The summed E-state index contributed by atoms with van der Waals surface area (Å²) in [6.07, 6.45) is -2.60. The second kappa shape index (κ2) is 5.32. The first-order chi connectivity index (χ1) is 8.56. The van der Waals surface area contributed by atoms with Gasteiger partial charge >= 0.3 is 6.43 Å². The molecule has 0 aromatic carbocycles. The highest BCUT2D eigenvalue weighted by Crippen LogP contribution is 2.34. The van der Waals surface area contributed by atoms with Crippen molar-refractivity contribution in [1.82, 2.24) is 4.90 Å². The van der Waals surface area contributed by atoms with Crippen LogP contribution >= 0.6 is 22.9 Å². The standard InChI is InChI=1S/C11H10ClF2NO2S/c12-5-7(16)9-6-2-4-18-8(6)1-3-15(9)11(17)10(13)14/h2,4,9-10H,1,3,5H2. The molecule has 0 spiro atoms. The first kappa shape index (κ1) is 13.4. The number of carbonyl (C=O) groups is 2. The summed E-state index contributed by atoms with van der Waals surface area (Å²) in [4.78, 5) is 25.1. The number of thiophene rings is 1. The van der Waals surface area contributed by atoms with Gasteiger partial charge < -0.3 is 4.90 Å². The van der Waals surface area contributed by atoms with Crippen LogP contribution in [-0.4, -0.2) is 35.4 Å². The van der Waals surface area contributed by atoms with E-state index in [-0.39, 0.29) is 12.4 Å². The Kier molecular flexibility index (Phi) is 3.97. The largest absolute Gasteiger partial charge is 0.323 e. The lowest BCUT2D eigenvalue weighted by atomic mass is 9.97. The maximum Gasteiger partial charge on any atom is 0.315 e. The average molecular weight is 294 g/mol. The molecule has 3 nitrogen and oxygen atoms in total. The lowest BCUT2D eigenvalue weighted by Crippen LogP contribution is -2.45. The van der Waals surface area contributed by atoms with Gasteiger partial charge in [0.15, 0.2) is 5.78 Å². The number of hydrogen-bond donors (Lipinski definition) is 0. The van der Waals surface area contributed by atoms with E-state index in [1.165, 1.54) is 11.3 Å². The molecular formula is C11H10ClF2NO2S. The summed E-state index contributed by atoms with van der Waals surface area (Å²) in [6, 6.07) is 0.735. The van der Waals surface area contributed by atoms with Crippen molar-refractivity contribution in [3.05, 3.63) is 21.9 Å². The normalized spacial score (nSPS) is 18.9. The fourth-order valence-electron chi connectivity index (χ4n) is 2.10. The first-order valence-corrected chi connectivity index (χ1v) is 6.71. The number of hydrogen-bond acceptors (Lipinski definition) is 3. The van der Waals surface area contributed by atoms with Gasteiger partial charge in [0.1, 0.15) is 6.04 Å². The van der Waals surface area contributed by atoms with Crippen molar-refractivity contribution in [2.75, 3.05) is 12.4 Å². The number of nitrogens with zero attached hydrogens (tertiary/aromatic N) is 1. The highest BCUT2D eigenvalue weighted by atomic mass is 35.5. The van der Waals surface area contributed by atoms with Gasteiger partial charge in [-0.2, -0.15) is 8.78 Å². The molecule has 2 rings (SSSR count). The van der Waals surface area contributed by atoms with Gasteiger partial charge in [-0.1, -0.05) is 0 Å². The van der Waals surface area contributed by atoms with E-state index in [1.54, 1.807) is 11.4 Å². The predicted molar refractivity (Wildman–Crippen MR) is 64.2 cm³/mol. The van der Waals surface area contributed by atoms with Gasteiger partial charge in [-0.25, -0.2) is 0 Å². The molecular weight excluding hydrogens is 284 g/mol. The van der Waals surface area contributed by atoms with Crippen LogP contribution in [0.3, 0.4) is 0 Å². The third-order valence-electron chi connectivity index (χ3n) is 2.87. The third-order valence-corrected chi connectivity index (χ3v) is 4.13. The summed E-state index contributed by atoms with van der Waals surface area (Å²) in [6.45, 7) is 0.129. The number of rotatable bonds is 3. The van der Waals surface area contributed by atoms with Gasteiger partial charge in [0.25, 0.3) is 5.91 Å². The molecule has 1 aliphatic rings. The zero-order valence-electron chi connectivity index (χ0n) is 9.24. The van der Waals surface area contributed by atoms with Crippen LogP contribution in [0.2, 0.25) is 0 Å². The van der Waals surface area contributed by atoms with Crippen molar-refractivity contribution in [2.45, 2.75) is 18.9 Å². The fourth-order valence-corrected chi connectivity index (χ4v) is 3.15. The highest BCUT2D eigenvalue weighted by Gasteiger charge is 2.38. The third kappa shape index (κ3) is 2.27. The summed E-state index contributed by atoms with van der Waals surface area (Å²) in [7, 11) is 0. The Balaban J connectivity index is 2.37. The van der Waals surface area contributed by atoms with E-state index in [0.717, 1.165) is 9.78 Å². The minimum absolute atomic E-state index is 0.129. The Hall–Kier alpha value is -1.01. The van der Waals surface area contributed by atoms with Crippen molar-refractivity contribution in [2.24, 2.45) is 0 Å². The van der Waals surface area contributed by atoms with Crippen LogP contribution in [0.1, 0.15) is 16.5 Å². The van der Waals surface area contributed by atoms with E-state index in [1.807, 2.05) is 0 Å². The topological polar surface area (TPSA) is 37.4 Å². The molecule has 1 atom stereocenters. The minimum Gasteiger partial charge on any atom is -0.323 e. The van der Waals surface area contributed by atoms with E-state index in [9.17, 15) is 18.4 Å². The number of Topliss-reactive ketones (excluding diaryl/α,β-unsaturated/α-hetero) is 1. The van der Waals surface area contributed by atoms with E-state index >= 15 is 0 Å². The fraction of sp³-hybridized carbons (Fsp3) is 0.455. The quantitative estimate of drug-likeness (QED) is 0.802. The monoisotopic (exact) mass is 293 g/mol. The minimum atomic E-state index is -3.10. The smallest absolute Gasteiger partial charge is 0.315 e. The molecule has 98 valence electrons. The SMILES string of the molecule is O=C(CCl)C1c2ccsc2CCN1C(=O)C(F)F. The molecule has 0 radical (unpaired) electrons. The Morgan fingerprint density at radius 3 is 2.89 bits per heavy atom. The number of carbonyl (C=O) groups excluding carboxylic acids is 2. The van der Waals surface area contributed by atoms with E-state index in [0.29, 0.717) is 12.0 Å². The van der Waals surface area contributed by atoms with Crippen molar-refractivity contribution in [3.8, 4) is 0 Å². The molecule has 0 fully saturated rings. The van der Waals surface area contributed by atoms with Gasteiger partial charge in [0.2, 0.25) is 0 Å². The Bertz CT molecular complexity index is 477.